The molecule has 2 aliphatic heterocycles. The van der Waals surface area contributed by atoms with Crippen molar-refractivity contribution in [3.63, 3.8) is 0 Å². The molecule has 2 saturated heterocycles. The molecule has 3 N–H and O–H groups in total. The first kappa shape index (κ1) is 25.1. The summed E-state index contributed by atoms with van der Waals surface area (Å²) in [5.41, 5.74) is -1.98. The largest absolute Gasteiger partial charge is 0.504 e. The molecule has 4 atom stereocenters. The number of aliphatic carboxylic acids is 1. The summed E-state index contributed by atoms with van der Waals surface area (Å²) in [6.45, 7) is 5.11. The Kier molecular flexibility index (Phi) is 5.99. The maximum absolute atomic E-state index is 13.7. The number of phenols is 1. The van der Waals surface area contributed by atoms with Crippen LogP contribution in [0, 0.1) is 22.0 Å². The van der Waals surface area contributed by atoms with Gasteiger partial charge in [-0.25, -0.2) is 0 Å². The lowest BCUT2D eigenvalue weighted by molar-refractivity contribution is -0.384. The van der Waals surface area contributed by atoms with Crippen LogP contribution < -0.4 is 10.1 Å². The number of rotatable bonds is 6. The maximum Gasteiger partial charge on any atom is 0.325 e. The van der Waals surface area contributed by atoms with Crippen molar-refractivity contribution in [1.29, 1.82) is 0 Å². The molecule has 0 spiro atoms. The average molecular weight is 498 g/mol. The van der Waals surface area contributed by atoms with E-state index in [9.17, 15) is 34.7 Å². The molecule has 36 heavy (non-hydrogen) atoms. The number of non-ortho nitro benzene ring substituents is 1. The van der Waals surface area contributed by atoms with Crippen molar-refractivity contribution in [2.45, 2.75) is 44.3 Å². The standard InChI is InChI=1S/C25H27N3O8/c1-24(2,3)27-21(30)18-19(22(27)31)25(23(32)33,12-13-5-8-15(9-6-13)28(34)35)26-20(18)14-7-10-16(29)17(11-14)36-4/h5-11,18-20,26,29H,12H2,1-4H3,(H,32,33). The Morgan fingerprint density at radius 2 is 1.81 bits per heavy atom. The maximum atomic E-state index is 13.7. The highest BCUT2D eigenvalue weighted by Crippen LogP contribution is 2.52. The summed E-state index contributed by atoms with van der Waals surface area (Å²) in [6.07, 6.45) is -0.190. The van der Waals surface area contributed by atoms with E-state index >= 15 is 0 Å². The number of hydrogen-bond acceptors (Lipinski definition) is 8. The van der Waals surface area contributed by atoms with Crippen molar-refractivity contribution in [2.24, 2.45) is 11.8 Å². The Labute approximate surface area is 206 Å². The Hall–Kier alpha value is -3.99. The number of hydrogen-bond donors (Lipinski definition) is 3. The predicted octanol–water partition coefficient (Wildman–Crippen LogP) is 2.42. The number of amides is 2. The fraction of sp³-hybridized carbons (Fsp3) is 0.400. The second-order valence-corrected chi connectivity index (χ2v) is 10.1. The molecular formula is C25H27N3O8. The van der Waals surface area contributed by atoms with Crippen molar-refractivity contribution >= 4 is 23.5 Å². The van der Waals surface area contributed by atoms with E-state index in [-0.39, 0.29) is 23.6 Å². The summed E-state index contributed by atoms with van der Waals surface area (Å²) in [7, 11) is 1.37. The van der Waals surface area contributed by atoms with Crippen LogP contribution in [0.5, 0.6) is 11.5 Å². The molecule has 11 nitrogen and oxygen atoms in total. The number of fused-ring (bicyclic) bond motifs is 1. The number of aromatic hydroxyl groups is 1. The number of carboxylic acids is 1. The Balaban J connectivity index is 1.86. The molecule has 0 aromatic heterocycles. The molecule has 2 aromatic rings. The minimum atomic E-state index is -1.87. The monoisotopic (exact) mass is 497 g/mol. The van der Waals surface area contributed by atoms with E-state index in [4.69, 9.17) is 4.74 Å². The normalized spacial score (nSPS) is 25.7. The van der Waals surface area contributed by atoms with Crippen LogP contribution in [-0.2, 0) is 20.8 Å². The number of methoxy groups -OCH3 is 1. The molecule has 0 aliphatic carbocycles. The molecule has 2 heterocycles. The predicted molar refractivity (Wildman–Crippen MR) is 126 cm³/mol. The Morgan fingerprint density at radius 3 is 2.33 bits per heavy atom. The summed E-state index contributed by atoms with van der Waals surface area (Å²) in [6, 6.07) is 8.98. The zero-order chi connectivity index (χ0) is 26.6. The van der Waals surface area contributed by atoms with E-state index in [0.717, 1.165) is 4.90 Å². The van der Waals surface area contributed by atoms with Crippen LogP contribution in [0.1, 0.15) is 37.9 Å². The third-order valence-electron chi connectivity index (χ3n) is 6.90. The molecule has 4 unspecified atom stereocenters. The number of ether oxygens (including phenoxy) is 1. The van der Waals surface area contributed by atoms with Crippen molar-refractivity contribution in [1.82, 2.24) is 10.2 Å². The number of likely N-dealkylation sites (tertiary alicyclic amines) is 1. The van der Waals surface area contributed by atoms with E-state index in [1.54, 1.807) is 26.8 Å². The highest BCUT2D eigenvalue weighted by molar-refractivity contribution is 6.10. The molecule has 2 aromatic carbocycles. The molecule has 0 saturated carbocycles. The van der Waals surface area contributed by atoms with Crippen LogP contribution in [0.25, 0.3) is 0 Å². The number of carbonyl (C=O) groups excluding carboxylic acids is 2. The van der Waals surface area contributed by atoms with Crippen molar-refractivity contribution < 1.29 is 34.3 Å². The van der Waals surface area contributed by atoms with Crippen molar-refractivity contribution in [2.75, 3.05) is 7.11 Å². The summed E-state index contributed by atoms with van der Waals surface area (Å²) in [5, 5.41) is 34.7. The number of carboxylic acid groups (broad SMARTS) is 1. The second kappa shape index (κ2) is 8.59. The Bertz CT molecular complexity index is 1250. The number of nitro benzene ring substituents is 1. The molecule has 11 heteroatoms. The smallest absolute Gasteiger partial charge is 0.325 e. The van der Waals surface area contributed by atoms with Crippen molar-refractivity contribution in [3.05, 3.63) is 63.7 Å². The molecule has 2 aliphatic rings. The van der Waals surface area contributed by atoms with Crippen LogP contribution in [-0.4, -0.2) is 56.0 Å². The zero-order valence-corrected chi connectivity index (χ0v) is 20.2. The van der Waals surface area contributed by atoms with Gasteiger partial charge in [-0.1, -0.05) is 18.2 Å². The fourth-order valence-corrected chi connectivity index (χ4v) is 5.33. The SMILES string of the molecule is COc1cc(C2NC(Cc3ccc([N+](=O)[O-])cc3)(C(=O)O)C3C(=O)N(C(C)(C)C)C(=O)C23)ccc1O. The van der Waals surface area contributed by atoms with Gasteiger partial charge in [0, 0.05) is 30.1 Å². The summed E-state index contributed by atoms with van der Waals surface area (Å²) < 4.78 is 5.19. The van der Waals surface area contributed by atoms with Crippen LogP contribution in [0.3, 0.4) is 0 Å². The third kappa shape index (κ3) is 3.85. The molecule has 0 bridgehead atoms. The number of imide groups is 1. The van der Waals surface area contributed by atoms with Gasteiger partial charge in [-0.3, -0.25) is 34.7 Å². The van der Waals surface area contributed by atoms with E-state index in [2.05, 4.69) is 5.32 Å². The third-order valence-corrected chi connectivity index (χ3v) is 6.90. The lowest BCUT2D eigenvalue weighted by Gasteiger charge is -2.35. The van der Waals surface area contributed by atoms with Crippen LogP contribution in [0.15, 0.2) is 42.5 Å². The van der Waals surface area contributed by atoms with Gasteiger partial charge < -0.3 is 14.9 Å². The topological polar surface area (TPSA) is 159 Å². The van der Waals surface area contributed by atoms with Crippen molar-refractivity contribution in [3.8, 4) is 11.5 Å². The number of nitrogens with one attached hydrogen (secondary N) is 1. The number of nitro groups is 1. The van der Waals surface area contributed by atoms with Gasteiger partial charge in [0.15, 0.2) is 11.5 Å². The second-order valence-electron chi connectivity index (χ2n) is 10.1. The number of carbonyl (C=O) groups is 3. The number of benzene rings is 2. The van der Waals surface area contributed by atoms with Gasteiger partial charge in [-0.15, -0.1) is 0 Å². The highest BCUT2D eigenvalue weighted by Gasteiger charge is 2.69. The molecule has 4 rings (SSSR count). The average Bonchev–Trinajstić information content (AvgIpc) is 3.28. The zero-order valence-electron chi connectivity index (χ0n) is 20.2. The molecule has 2 fully saturated rings. The highest BCUT2D eigenvalue weighted by atomic mass is 16.6. The first-order valence-corrected chi connectivity index (χ1v) is 11.3. The van der Waals surface area contributed by atoms with Crippen LogP contribution >= 0.6 is 0 Å². The van der Waals surface area contributed by atoms with E-state index in [0.29, 0.717) is 11.1 Å². The quantitative estimate of drug-likeness (QED) is 0.309. The van der Waals surface area contributed by atoms with Crippen LogP contribution in [0.2, 0.25) is 0 Å². The lowest BCUT2D eigenvalue weighted by Crippen LogP contribution is -2.58. The lowest BCUT2D eigenvalue weighted by atomic mass is 9.76. The molecule has 0 radical (unpaired) electrons. The van der Waals surface area contributed by atoms with Crippen LogP contribution in [0.4, 0.5) is 5.69 Å². The van der Waals surface area contributed by atoms with E-state index < -0.39 is 51.7 Å². The van der Waals surface area contributed by atoms with Gasteiger partial charge in [0.25, 0.3) is 5.69 Å². The minimum Gasteiger partial charge on any atom is -0.504 e. The summed E-state index contributed by atoms with van der Waals surface area (Å²) >= 11 is 0. The van der Waals surface area contributed by atoms with Gasteiger partial charge >= 0.3 is 5.97 Å². The molecular weight excluding hydrogens is 470 g/mol. The van der Waals surface area contributed by atoms with E-state index in [1.807, 2.05) is 0 Å². The first-order valence-electron chi connectivity index (χ1n) is 11.3. The summed E-state index contributed by atoms with van der Waals surface area (Å²) in [4.78, 5) is 51.9. The Morgan fingerprint density at radius 1 is 1.17 bits per heavy atom. The fourth-order valence-electron chi connectivity index (χ4n) is 5.33. The van der Waals surface area contributed by atoms with E-state index in [1.165, 1.54) is 43.5 Å². The van der Waals surface area contributed by atoms with Gasteiger partial charge in [0.2, 0.25) is 11.8 Å². The van der Waals surface area contributed by atoms with Gasteiger partial charge in [-0.05, 0) is 44.0 Å². The summed E-state index contributed by atoms with van der Waals surface area (Å²) in [5.74, 6) is -4.66. The molecule has 2 amide bonds. The first-order chi connectivity index (χ1) is 16.8. The minimum absolute atomic E-state index is 0.128. The van der Waals surface area contributed by atoms with Gasteiger partial charge in [0.1, 0.15) is 5.54 Å². The number of nitrogens with zero attached hydrogens (tertiary/aromatic N) is 2. The van der Waals surface area contributed by atoms with Gasteiger partial charge in [-0.2, -0.15) is 0 Å². The van der Waals surface area contributed by atoms with Gasteiger partial charge in [0.05, 0.1) is 23.9 Å². The molecule has 190 valence electrons. The number of phenolic OH excluding ortho intramolecular Hbond substituents is 1.